The number of hydrogen-bond donors (Lipinski definition) is 2. The van der Waals surface area contributed by atoms with Crippen LogP contribution >= 0.6 is 0 Å². The number of aliphatic hydroxyl groups is 2. The topological polar surface area (TPSA) is 99.4 Å². The Balaban J connectivity index is 2.11. The molecule has 2 aromatic rings. The van der Waals surface area contributed by atoms with Crippen LogP contribution in [0.15, 0.2) is 63.9 Å². The average molecular weight is 545 g/mol. The molecule has 0 radical (unpaired) electrons. The van der Waals surface area contributed by atoms with Crippen LogP contribution in [-0.2, 0) is 20.9 Å². The van der Waals surface area contributed by atoms with E-state index in [-0.39, 0.29) is 24.2 Å². The van der Waals surface area contributed by atoms with Crippen molar-refractivity contribution in [2.24, 2.45) is 16.2 Å². The van der Waals surface area contributed by atoms with E-state index < -0.39 is 45.7 Å². The van der Waals surface area contributed by atoms with Crippen molar-refractivity contribution >= 4 is 15.8 Å². The second-order valence-electron chi connectivity index (χ2n) is 11.8. The molecule has 0 aromatic heterocycles. The summed E-state index contributed by atoms with van der Waals surface area (Å²) < 4.78 is 25.3. The van der Waals surface area contributed by atoms with Gasteiger partial charge in [-0.15, -0.1) is 0 Å². The van der Waals surface area contributed by atoms with Crippen LogP contribution in [-0.4, -0.2) is 67.6 Å². The second kappa shape index (κ2) is 12.2. The average Bonchev–Trinajstić information content (AvgIpc) is 3.06. The fraction of sp³-hybridized carbons (Fsp3) is 0.567. The molecule has 0 unspecified atom stereocenters. The lowest BCUT2D eigenvalue weighted by Gasteiger charge is -2.34. The van der Waals surface area contributed by atoms with E-state index in [1.54, 1.807) is 25.7 Å². The summed E-state index contributed by atoms with van der Waals surface area (Å²) in [4.78, 5) is 15.8. The maximum absolute atomic E-state index is 14.8. The summed E-state index contributed by atoms with van der Waals surface area (Å²) in [6.45, 7) is 12.9. The van der Waals surface area contributed by atoms with Gasteiger partial charge in [0, 0.05) is 10.8 Å². The van der Waals surface area contributed by atoms with Crippen molar-refractivity contribution in [3.63, 3.8) is 0 Å². The molecular formula is C30H44N2O5S. The second-order valence-corrected chi connectivity index (χ2v) is 14.1. The maximum atomic E-state index is 14.8. The number of amides is 1. The fourth-order valence-electron chi connectivity index (χ4n) is 4.90. The first-order valence-corrected chi connectivity index (χ1v) is 15.1. The number of hydrogen-bond acceptors (Lipinski definition) is 6. The van der Waals surface area contributed by atoms with Crippen molar-refractivity contribution < 1.29 is 24.0 Å². The van der Waals surface area contributed by atoms with Crippen molar-refractivity contribution in [3.8, 4) is 0 Å². The van der Waals surface area contributed by atoms with E-state index in [1.165, 1.54) is 0 Å². The Morgan fingerprint density at radius 1 is 1.08 bits per heavy atom. The van der Waals surface area contributed by atoms with Crippen LogP contribution in [0, 0.1) is 18.8 Å². The van der Waals surface area contributed by atoms with Gasteiger partial charge in [0.1, 0.15) is 5.60 Å². The standard InChI is InChI=1S/C30H44N2O5S/c1-20(2)25(18-33)31-38(36,24-15-13-21(3)14-16-24)19-27-22(4)28(34)26(17-23-11-9-8-10-12-23)32(27)29(35)37-30(5,6)7/h8-16,20,22,25-28,33-34H,17-19H2,1-7H3/t22-,25+,26-,27-,28-,38+/m0/s1. The van der Waals surface area contributed by atoms with E-state index in [0.717, 1.165) is 11.1 Å². The number of carbonyl (C=O) groups excluding carboxylic acids is 1. The zero-order chi connectivity index (χ0) is 28.3. The van der Waals surface area contributed by atoms with Gasteiger partial charge in [-0.25, -0.2) is 13.4 Å². The van der Waals surface area contributed by atoms with Crippen molar-refractivity contribution in [2.75, 3.05) is 12.4 Å². The predicted molar refractivity (Wildman–Crippen MR) is 152 cm³/mol. The third-order valence-corrected chi connectivity index (χ3v) is 9.61. The summed E-state index contributed by atoms with van der Waals surface area (Å²) >= 11 is 0. The molecule has 1 amide bonds. The lowest BCUT2D eigenvalue weighted by Crippen LogP contribution is -2.49. The Hall–Kier alpha value is -2.42. The van der Waals surface area contributed by atoms with Crippen molar-refractivity contribution in [2.45, 2.75) is 89.6 Å². The number of benzene rings is 2. The molecule has 0 bridgehead atoms. The molecule has 210 valence electrons. The van der Waals surface area contributed by atoms with E-state index in [9.17, 15) is 19.2 Å². The molecule has 6 atom stereocenters. The van der Waals surface area contributed by atoms with Gasteiger partial charge in [-0.3, -0.25) is 4.90 Å². The van der Waals surface area contributed by atoms with Crippen LogP contribution in [0.2, 0.25) is 0 Å². The SMILES string of the molecule is Cc1ccc([S@](=O)(C[C@H]2[C@H](C)[C@H](O)[C@H](Cc3ccccc3)N2C(=O)OC(C)(C)C)=N[C@H](CO)C(C)C)cc1. The first-order valence-electron chi connectivity index (χ1n) is 13.4. The highest BCUT2D eigenvalue weighted by molar-refractivity contribution is 7.93. The van der Waals surface area contributed by atoms with Crippen molar-refractivity contribution in [1.82, 2.24) is 4.90 Å². The number of aliphatic hydroxyl groups excluding tert-OH is 2. The first kappa shape index (κ1) is 30.1. The van der Waals surface area contributed by atoms with E-state index in [4.69, 9.17) is 9.10 Å². The summed E-state index contributed by atoms with van der Waals surface area (Å²) in [6.07, 6.45) is -0.941. The minimum Gasteiger partial charge on any atom is -0.444 e. The number of nitrogens with zero attached hydrogens (tertiary/aromatic N) is 2. The molecule has 1 aliphatic heterocycles. The molecule has 1 fully saturated rings. The Bertz CT molecular complexity index is 1180. The Labute approximate surface area is 228 Å². The highest BCUT2D eigenvalue weighted by atomic mass is 32.2. The van der Waals surface area contributed by atoms with Gasteiger partial charge in [0.05, 0.1) is 46.3 Å². The Morgan fingerprint density at radius 2 is 1.68 bits per heavy atom. The molecule has 2 N–H and O–H groups in total. The zero-order valence-corrected chi connectivity index (χ0v) is 24.5. The monoisotopic (exact) mass is 544 g/mol. The molecule has 7 nitrogen and oxygen atoms in total. The predicted octanol–water partition coefficient (Wildman–Crippen LogP) is 5.07. The number of carbonyl (C=O) groups is 1. The molecule has 1 aliphatic rings. The summed E-state index contributed by atoms with van der Waals surface area (Å²) in [6, 6.07) is 15.5. The van der Waals surface area contributed by atoms with Gasteiger partial charge >= 0.3 is 6.09 Å². The largest absolute Gasteiger partial charge is 0.444 e. The van der Waals surface area contributed by atoms with Gasteiger partial charge in [0.25, 0.3) is 0 Å². The minimum absolute atomic E-state index is 0.0225. The normalized spacial score (nSPS) is 24.2. The number of aryl methyl sites for hydroxylation is 1. The lowest BCUT2D eigenvalue weighted by molar-refractivity contribution is 0.0102. The third kappa shape index (κ3) is 7.16. The van der Waals surface area contributed by atoms with Crippen LogP contribution in [0.3, 0.4) is 0 Å². The first-order chi connectivity index (χ1) is 17.8. The molecule has 2 aromatic carbocycles. The van der Waals surface area contributed by atoms with E-state index in [0.29, 0.717) is 11.3 Å². The molecule has 38 heavy (non-hydrogen) atoms. The van der Waals surface area contributed by atoms with Crippen LogP contribution in [0.5, 0.6) is 0 Å². The molecule has 1 saturated heterocycles. The van der Waals surface area contributed by atoms with Crippen molar-refractivity contribution in [1.29, 1.82) is 0 Å². The third-order valence-electron chi connectivity index (χ3n) is 7.19. The van der Waals surface area contributed by atoms with Gasteiger partial charge in [0.2, 0.25) is 0 Å². The summed E-state index contributed by atoms with van der Waals surface area (Å²) in [5.41, 5.74) is 1.28. The molecule has 8 heteroatoms. The molecular weight excluding hydrogens is 500 g/mol. The van der Waals surface area contributed by atoms with Gasteiger partial charge in [-0.05, 0) is 57.7 Å². The van der Waals surface area contributed by atoms with Gasteiger partial charge in [-0.2, -0.15) is 0 Å². The van der Waals surface area contributed by atoms with Gasteiger partial charge in [0.15, 0.2) is 0 Å². The molecule has 0 aliphatic carbocycles. The minimum atomic E-state index is -3.08. The van der Waals surface area contributed by atoms with Gasteiger partial charge in [-0.1, -0.05) is 68.8 Å². The number of rotatable bonds is 8. The molecule has 0 spiro atoms. The quantitative estimate of drug-likeness (QED) is 0.484. The van der Waals surface area contributed by atoms with Crippen LogP contribution in [0.4, 0.5) is 4.79 Å². The van der Waals surface area contributed by atoms with E-state index in [2.05, 4.69) is 0 Å². The Morgan fingerprint density at radius 3 is 2.21 bits per heavy atom. The molecule has 1 heterocycles. The Kier molecular flexibility index (Phi) is 9.66. The van der Waals surface area contributed by atoms with Gasteiger partial charge < -0.3 is 14.9 Å². The van der Waals surface area contributed by atoms with E-state index >= 15 is 0 Å². The molecule has 0 saturated carbocycles. The molecule has 3 rings (SSSR count). The van der Waals surface area contributed by atoms with Crippen molar-refractivity contribution in [3.05, 3.63) is 65.7 Å². The van der Waals surface area contributed by atoms with Crippen LogP contribution in [0.1, 0.15) is 52.7 Å². The fourth-order valence-corrected chi connectivity index (χ4v) is 7.54. The lowest BCUT2D eigenvalue weighted by atomic mass is 9.96. The summed E-state index contributed by atoms with van der Waals surface area (Å²) in [5, 5.41) is 21.4. The summed E-state index contributed by atoms with van der Waals surface area (Å²) in [5.74, 6) is -0.364. The number of ether oxygens (including phenoxy) is 1. The smallest absolute Gasteiger partial charge is 0.410 e. The highest BCUT2D eigenvalue weighted by Crippen LogP contribution is 2.36. The summed E-state index contributed by atoms with van der Waals surface area (Å²) in [7, 11) is -3.08. The number of likely N-dealkylation sites (tertiary alicyclic amines) is 1. The van der Waals surface area contributed by atoms with Crippen LogP contribution in [0.25, 0.3) is 0 Å². The maximum Gasteiger partial charge on any atom is 0.410 e. The highest BCUT2D eigenvalue weighted by Gasteiger charge is 2.50. The van der Waals surface area contributed by atoms with E-state index in [1.807, 2.05) is 82.3 Å². The van der Waals surface area contributed by atoms with Crippen LogP contribution < -0.4 is 0 Å². The zero-order valence-electron chi connectivity index (χ0n) is 23.7.